The summed E-state index contributed by atoms with van der Waals surface area (Å²) >= 11 is 17.5. The number of hydrogen-bond acceptors (Lipinski definition) is 3. The van der Waals surface area contributed by atoms with Crippen LogP contribution in [-0.2, 0) is 6.54 Å². The van der Waals surface area contributed by atoms with E-state index in [4.69, 9.17) is 51.3 Å². The largest absolute Gasteiger partial charge is 0.493 e. The van der Waals surface area contributed by atoms with Crippen LogP contribution >= 0.6 is 35.4 Å². The highest BCUT2D eigenvalue weighted by Crippen LogP contribution is 2.32. The predicted molar refractivity (Wildman–Crippen MR) is 116 cm³/mol. The van der Waals surface area contributed by atoms with Crippen LogP contribution in [0.3, 0.4) is 0 Å². The maximum Gasteiger partial charge on any atom is 0.162 e. The lowest BCUT2D eigenvalue weighted by molar-refractivity contribution is 0.330. The minimum absolute atomic E-state index is 0.202. The van der Waals surface area contributed by atoms with Gasteiger partial charge in [-0.15, -0.1) is 6.42 Å². The monoisotopic (exact) mass is 421 g/mol. The zero-order chi connectivity index (χ0) is 19.8. The summed E-state index contributed by atoms with van der Waals surface area (Å²) in [6.45, 7) is 2.92. The Bertz CT molecular complexity index is 849. The van der Waals surface area contributed by atoms with Crippen LogP contribution in [0.4, 0.5) is 0 Å². The molecule has 0 aliphatic heterocycles. The molecular weight excluding hydrogens is 401 g/mol. The van der Waals surface area contributed by atoms with E-state index in [2.05, 4.69) is 18.2 Å². The van der Waals surface area contributed by atoms with Gasteiger partial charge < -0.3 is 14.8 Å². The Hall–Kier alpha value is -1.93. The van der Waals surface area contributed by atoms with Gasteiger partial charge in [-0.05, 0) is 41.3 Å². The maximum absolute atomic E-state index is 6.04. The highest BCUT2D eigenvalue weighted by molar-refractivity contribution is 7.80. The van der Waals surface area contributed by atoms with Gasteiger partial charge in [0.15, 0.2) is 11.5 Å². The standard InChI is InChI=1S/C21H21Cl2NO2S/c1-4-9-26-19-8-6-16(12-20(19)25-3)14(2)10-21(27)24-13-15-5-7-17(22)18(23)11-15/h1,5-8,11-12,14H,9-10,13H2,2-3H3,(H,24,27). The van der Waals surface area contributed by atoms with E-state index in [9.17, 15) is 0 Å². The van der Waals surface area contributed by atoms with E-state index in [0.717, 1.165) is 16.1 Å². The Morgan fingerprint density at radius 1 is 1.19 bits per heavy atom. The predicted octanol–water partition coefficient (Wildman–Crippen LogP) is 5.62. The van der Waals surface area contributed by atoms with Crippen LogP contribution < -0.4 is 14.8 Å². The molecule has 27 heavy (non-hydrogen) atoms. The Balaban J connectivity index is 1.95. The first-order valence-corrected chi connectivity index (χ1v) is 9.55. The summed E-state index contributed by atoms with van der Waals surface area (Å²) in [7, 11) is 1.61. The smallest absolute Gasteiger partial charge is 0.162 e. The third kappa shape index (κ3) is 6.32. The number of terminal acetylenes is 1. The second-order valence-electron chi connectivity index (χ2n) is 6.03. The van der Waals surface area contributed by atoms with Crippen molar-refractivity contribution in [1.29, 1.82) is 0 Å². The third-order valence-corrected chi connectivity index (χ3v) is 5.08. The SMILES string of the molecule is C#CCOc1ccc(C(C)CC(=S)NCc2ccc(Cl)c(Cl)c2)cc1OC. The summed E-state index contributed by atoms with van der Waals surface area (Å²) in [5.41, 5.74) is 2.13. The normalized spacial score (nSPS) is 11.4. The van der Waals surface area contributed by atoms with E-state index in [1.54, 1.807) is 13.2 Å². The second kappa shape index (κ2) is 10.4. The molecule has 0 aromatic heterocycles. The summed E-state index contributed by atoms with van der Waals surface area (Å²) in [6.07, 6.45) is 5.95. The number of benzene rings is 2. The number of thiocarbonyl (C=S) groups is 1. The molecule has 0 saturated carbocycles. The van der Waals surface area contributed by atoms with Crippen molar-refractivity contribution in [3.05, 3.63) is 57.6 Å². The first-order valence-electron chi connectivity index (χ1n) is 8.39. The fourth-order valence-corrected chi connectivity index (χ4v) is 3.19. The van der Waals surface area contributed by atoms with Crippen molar-refractivity contribution in [3.8, 4) is 23.8 Å². The van der Waals surface area contributed by atoms with Crippen molar-refractivity contribution < 1.29 is 9.47 Å². The average Bonchev–Trinajstić information content (AvgIpc) is 2.67. The van der Waals surface area contributed by atoms with Gasteiger partial charge in [-0.25, -0.2) is 0 Å². The molecular formula is C21H21Cl2NO2S. The van der Waals surface area contributed by atoms with Crippen molar-refractivity contribution >= 4 is 40.4 Å². The zero-order valence-corrected chi connectivity index (χ0v) is 17.5. The lowest BCUT2D eigenvalue weighted by atomic mass is 9.97. The number of hydrogen-bond donors (Lipinski definition) is 1. The van der Waals surface area contributed by atoms with Gasteiger partial charge in [0.1, 0.15) is 6.61 Å². The molecule has 0 fully saturated rings. The molecule has 1 unspecified atom stereocenters. The summed E-state index contributed by atoms with van der Waals surface area (Å²) in [5.74, 6) is 3.95. The molecule has 2 aromatic carbocycles. The molecule has 0 spiro atoms. The fraction of sp³-hybridized carbons (Fsp3) is 0.286. The first kappa shape index (κ1) is 21.4. The topological polar surface area (TPSA) is 30.5 Å². The van der Waals surface area contributed by atoms with Crippen LogP contribution in [0, 0.1) is 12.3 Å². The quantitative estimate of drug-likeness (QED) is 0.442. The Morgan fingerprint density at radius 3 is 2.63 bits per heavy atom. The van der Waals surface area contributed by atoms with Crippen molar-refractivity contribution in [1.82, 2.24) is 5.32 Å². The van der Waals surface area contributed by atoms with E-state index in [1.807, 2.05) is 30.3 Å². The summed E-state index contributed by atoms with van der Waals surface area (Å²) in [4.78, 5) is 0.778. The number of methoxy groups -OCH3 is 1. The van der Waals surface area contributed by atoms with Gasteiger partial charge in [-0.2, -0.15) is 0 Å². The zero-order valence-electron chi connectivity index (χ0n) is 15.2. The van der Waals surface area contributed by atoms with Crippen LogP contribution in [0.5, 0.6) is 11.5 Å². The van der Waals surface area contributed by atoms with E-state index >= 15 is 0 Å². The van der Waals surface area contributed by atoms with E-state index in [0.29, 0.717) is 34.5 Å². The number of ether oxygens (including phenoxy) is 2. The van der Waals surface area contributed by atoms with Crippen molar-refractivity contribution in [2.24, 2.45) is 0 Å². The Labute approximate surface area is 176 Å². The molecule has 142 valence electrons. The van der Waals surface area contributed by atoms with Gasteiger partial charge >= 0.3 is 0 Å². The third-order valence-electron chi connectivity index (χ3n) is 4.03. The maximum atomic E-state index is 6.04. The van der Waals surface area contributed by atoms with Gasteiger partial charge in [0, 0.05) is 13.0 Å². The van der Waals surface area contributed by atoms with Crippen LogP contribution in [0.25, 0.3) is 0 Å². The minimum Gasteiger partial charge on any atom is -0.493 e. The van der Waals surface area contributed by atoms with Gasteiger partial charge in [-0.3, -0.25) is 0 Å². The van der Waals surface area contributed by atoms with Crippen LogP contribution in [0.1, 0.15) is 30.4 Å². The summed E-state index contributed by atoms with van der Waals surface area (Å²) < 4.78 is 10.9. The van der Waals surface area contributed by atoms with Crippen LogP contribution in [0.2, 0.25) is 10.0 Å². The Morgan fingerprint density at radius 2 is 1.96 bits per heavy atom. The molecule has 1 atom stereocenters. The Kier molecular flexibility index (Phi) is 8.24. The van der Waals surface area contributed by atoms with Gasteiger partial charge in [-0.1, -0.05) is 60.4 Å². The number of rotatable bonds is 8. The first-order chi connectivity index (χ1) is 12.9. The van der Waals surface area contributed by atoms with Crippen molar-refractivity contribution in [3.63, 3.8) is 0 Å². The molecule has 2 rings (SSSR count). The molecule has 0 saturated heterocycles. The highest BCUT2D eigenvalue weighted by atomic mass is 35.5. The molecule has 0 aliphatic carbocycles. The van der Waals surface area contributed by atoms with E-state index in [-0.39, 0.29) is 12.5 Å². The van der Waals surface area contributed by atoms with Gasteiger partial charge in [0.2, 0.25) is 0 Å². The molecule has 0 heterocycles. The number of halogens is 2. The summed E-state index contributed by atoms with van der Waals surface area (Å²) in [5, 5.41) is 4.34. The van der Waals surface area contributed by atoms with Gasteiger partial charge in [0.25, 0.3) is 0 Å². The molecule has 6 heteroatoms. The lowest BCUT2D eigenvalue weighted by Gasteiger charge is -2.17. The van der Waals surface area contributed by atoms with Crippen molar-refractivity contribution in [2.75, 3.05) is 13.7 Å². The lowest BCUT2D eigenvalue weighted by Crippen LogP contribution is -2.22. The second-order valence-corrected chi connectivity index (χ2v) is 7.34. The van der Waals surface area contributed by atoms with Crippen LogP contribution in [0.15, 0.2) is 36.4 Å². The van der Waals surface area contributed by atoms with Crippen molar-refractivity contribution in [2.45, 2.75) is 25.8 Å². The molecule has 1 N–H and O–H groups in total. The van der Waals surface area contributed by atoms with E-state index in [1.165, 1.54) is 0 Å². The molecule has 0 bridgehead atoms. The molecule has 2 aromatic rings. The average molecular weight is 422 g/mol. The number of nitrogens with one attached hydrogen (secondary N) is 1. The minimum atomic E-state index is 0.202. The summed E-state index contributed by atoms with van der Waals surface area (Å²) in [6, 6.07) is 11.4. The molecule has 3 nitrogen and oxygen atoms in total. The molecule has 0 radical (unpaired) electrons. The fourth-order valence-electron chi connectivity index (χ4n) is 2.55. The van der Waals surface area contributed by atoms with E-state index < -0.39 is 0 Å². The van der Waals surface area contributed by atoms with Gasteiger partial charge in [0.05, 0.1) is 22.1 Å². The highest BCUT2D eigenvalue weighted by Gasteiger charge is 2.13. The molecule has 0 amide bonds. The van der Waals surface area contributed by atoms with Crippen LogP contribution in [-0.4, -0.2) is 18.7 Å². The molecule has 0 aliphatic rings.